The molecule has 1 atom stereocenters. The van der Waals surface area contributed by atoms with Crippen LogP contribution in [0.2, 0.25) is 0 Å². The highest BCUT2D eigenvalue weighted by molar-refractivity contribution is 5.71. The van der Waals surface area contributed by atoms with Gasteiger partial charge in [0, 0.05) is 19.3 Å². The number of hydrogen-bond donors (Lipinski definition) is 0. The van der Waals surface area contributed by atoms with Crippen LogP contribution in [0.4, 0.5) is 0 Å². The molecule has 0 spiro atoms. The molecule has 0 amide bonds. The largest absolute Gasteiger partial charge is 0.462 e. The van der Waals surface area contributed by atoms with Gasteiger partial charge in [0.15, 0.2) is 6.10 Å². The van der Waals surface area contributed by atoms with Crippen LogP contribution in [0.15, 0.2) is 36.5 Å². The standard InChI is InChI=1S/C56H102O6/c1-4-7-10-13-16-19-21-22-23-24-25-26-27-28-29-30-31-32-33-34-35-38-40-43-46-49-55(58)61-52-53(51-60-54(57)48-45-42-39-36-18-15-12-9-6-3)62-56(59)50-47-44-41-37-20-17-14-11-8-5-2/h21-22,24-25,27-28,53H,4-20,23,26,29-52H2,1-3H3/b22-21-,25-24-,28-27-. The first-order valence-corrected chi connectivity index (χ1v) is 27.0. The van der Waals surface area contributed by atoms with Gasteiger partial charge in [-0.25, -0.2) is 0 Å². The summed E-state index contributed by atoms with van der Waals surface area (Å²) < 4.78 is 16.7. The molecule has 362 valence electrons. The Kier molecular flexibility index (Phi) is 49.3. The van der Waals surface area contributed by atoms with Gasteiger partial charge in [0.2, 0.25) is 0 Å². The number of ether oxygens (including phenoxy) is 3. The fourth-order valence-electron chi connectivity index (χ4n) is 7.80. The van der Waals surface area contributed by atoms with Crippen molar-refractivity contribution in [2.75, 3.05) is 13.2 Å². The third kappa shape index (κ3) is 48.7. The Morgan fingerprint density at radius 3 is 0.903 bits per heavy atom. The van der Waals surface area contributed by atoms with Gasteiger partial charge < -0.3 is 14.2 Å². The number of unbranched alkanes of at least 4 members (excludes halogenated alkanes) is 32. The predicted octanol–water partition coefficient (Wildman–Crippen LogP) is 17.7. The van der Waals surface area contributed by atoms with Crippen LogP contribution >= 0.6 is 0 Å². The first kappa shape index (κ1) is 59.6. The maximum Gasteiger partial charge on any atom is 0.306 e. The second kappa shape index (κ2) is 51.3. The molecule has 0 rings (SSSR count). The monoisotopic (exact) mass is 871 g/mol. The molecule has 0 aromatic rings. The molecule has 0 aliphatic carbocycles. The van der Waals surface area contributed by atoms with Crippen molar-refractivity contribution in [1.29, 1.82) is 0 Å². The highest BCUT2D eigenvalue weighted by atomic mass is 16.6. The van der Waals surface area contributed by atoms with Crippen LogP contribution in [0.1, 0.15) is 284 Å². The quantitative estimate of drug-likeness (QED) is 0.0262. The van der Waals surface area contributed by atoms with Crippen molar-refractivity contribution in [3.8, 4) is 0 Å². The molecule has 6 nitrogen and oxygen atoms in total. The molecule has 0 aliphatic heterocycles. The number of rotatable bonds is 49. The second-order valence-corrected chi connectivity index (χ2v) is 18.2. The van der Waals surface area contributed by atoms with Crippen LogP contribution < -0.4 is 0 Å². The molecule has 0 heterocycles. The molecular weight excluding hydrogens is 769 g/mol. The third-order valence-corrected chi connectivity index (χ3v) is 11.9. The summed E-state index contributed by atoms with van der Waals surface area (Å²) in [5.74, 6) is -0.867. The summed E-state index contributed by atoms with van der Waals surface area (Å²) >= 11 is 0. The lowest BCUT2D eigenvalue weighted by atomic mass is 10.0. The Bertz CT molecular complexity index is 1050. The van der Waals surface area contributed by atoms with Crippen LogP contribution in [-0.2, 0) is 28.6 Å². The van der Waals surface area contributed by atoms with Gasteiger partial charge in [0.25, 0.3) is 0 Å². The Hall–Kier alpha value is -2.37. The maximum absolute atomic E-state index is 12.7. The molecule has 0 radical (unpaired) electrons. The van der Waals surface area contributed by atoms with E-state index in [2.05, 4.69) is 57.2 Å². The summed E-state index contributed by atoms with van der Waals surface area (Å²) in [5.41, 5.74) is 0. The van der Waals surface area contributed by atoms with E-state index < -0.39 is 6.10 Å². The van der Waals surface area contributed by atoms with E-state index in [1.54, 1.807) is 0 Å². The minimum absolute atomic E-state index is 0.0694. The molecule has 0 aromatic heterocycles. The Morgan fingerprint density at radius 2 is 0.581 bits per heavy atom. The second-order valence-electron chi connectivity index (χ2n) is 18.2. The van der Waals surface area contributed by atoms with E-state index in [9.17, 15) is 14.4 Å². The summed E-state index contributed by atoms with van der Waals surface area (Å²) in [7, 11) is 0. The predicted molar refractivity (Wildman–Crippen MR) is 266 cm³/mol. The zero-order valence-electron chi connectivity index (χ0n) is 41.4. The number of carbonyl (C=O) groups is 3. The van der Waals surface area contributed by atoms with Crippen molar-refractivity contribution in [3.63, 3.8) is 0 Å². The van der Waals surface area contributed by atoms with Crippen LogP contribution in [0.3, 0.4) is 0 Å². The summed E-state index contributed by atoms with van der Waals surface area (Å²) in [6.07, 6.45) is 60.0. The van der Waals surface area contributed by atoms with Crippen molar-refractivity contribution < 1.29 is 28.6 Å². The van der Waals surface area contributed by atoms with Gasteiger partial charge in [-0.1, -0.05) is 243 Å². The normalized spacial score (nSPS) is 12.2. The lowest BCUT2D eigenvalue weighted by Crippen LogP contribution is -2.30. The van der Waals surface area contributed by atoms with Crippen molar-refractivity contribution in [2.45, 2.75) is 290 Å². The molecule has 6 heteroatoms. The Labute approximate surface area is 385 Å². The summed E-state index contributed by atoms with van der Waals surface area (Å²) in [5, 5.41) is 0. The van der Waals surface area contributed by atoms with Crippen molar-refractivity contribution >= 4 is 17.9 Å². The number of hydrogen-bond acceptors (Lipinski definition) is 6. The van der Waals surface area contributed by atoms with E-state index in [1.165, 1.54) is 173 Å². The van der Waals surface area contributed by atoms with Crippen LogP contribution in [0, 0.1) is 0 Å². The van der Waals surface area contributed by atoms with E-state index in [0.717, 1.165) is 70.6 Å². The van der Waals surface area contributed by atoms with Gasteiger partial charge in [-0.2, -0.15) is 0 Å². The summed E-state index contributed by atoms with van der Waals surface area (Å²) in [6, 6.07) is 0. The minimum Gasteiger partial charge on any atom is -0.462 e. The van der Waals surface area contributed by atoms with Crippen molar-refractivity contribution in [3.05, 3.63) is 36.5 Å². The number of carbonyl (C=O) groups excluding carboxylic acids is 3. The lowest BCUT2D eigenvalue weighted by Gasteiger charge is -2.18. The van der Waals surface area contributed by atoms with Crippen molar-refractivity contribution in [1.82, 2.24) is 0 Å². The molecule has 0 aromatic carbocycles. The highest BCUT2D eigenvalue weighted by Gasteiger charge is 2.19. The summed E-state index contributed by atoms with van der Waals surface area (Å²) in [4.78, 5) is 37.8. The minimum atomic E-state index is -0.766. The van der Waals surface area contributed by atoms with Gasteiger partial charge >= 0.3 is 17.9 Å². The molecule has 1 unspecified atom stereocenters. The van der Waals surface area contributed by atoms with Gasteiger partial charge in [-0.3, -0.25) is 14.4 Å². The van der Waals surface area contributed by atoms with Crippen LogP contribution in [-0.4, -0.2) is 37.2 Å². The van der Waals surface area contributed by atoms with Gasteiger partial charge in [0.1, 0.15) is 13.2 Å². The van der Waals surface area contributed by atoms with E-state index in [4.69, 9.17) is 14.2 Å². The zero-order valence-corrected chi connectivity index (χ0v) is 41.4. The van der Waals surface area contributed by atoms with E-state index in [-0.39, 0.29) is 31.1 Å². The first-order chi connectivity index (χ1) is 30.5. The van der Waals surface area contributed by atoms with Gasteiger partial charge in [-0.15, -0.1) is 0 Å². The fourth-order valence-corrected chi connectivity index (χ4v) is 7.80. The smallest absolute Gasteiger partial charge is 0.306 e. The Balaban J connectivity index is 4.14. The average molecular weight is 871 g/mol. The number of allylic oxidation sites excluding steroid dienone is 6. The van der Waals surface area contributed by atoms with Gasteiger partial charge in [-0.05, 0) is 57.8 Å². The molecule has 62 heavy (non-hydrogen) atoms. The average Bonchev–Trinajstić information content (AvgIpc) is 3.27. The highest BCUT2D eigenvalue weighted by Crippen LogP contribution is 2.16. The zero-order chi connectivity index (χ0) is 45.1. The molecule has 0 saturated heterocycles. The first-order valence-electron chi connectivity index (χ1n) is 27.0. The van der Waals surface area contributed by atoms with Crippen LogP contribution in [0.5, 0.6) is 0 Å². The summed E-state index contributed by atoms with van der Waals surface area (Å²) in [6.45, 7) is 6.61. The van der Waals surface area contributed by atoms with E-state index in [1.807, 2.05) is 0 Å². The lowest BCUT2D eigenvalue weighted by molar-refractivity contribution is -0.167. The fraction of sp³-hybridized carbons (Fsp3) is 0.839. The number of esters is 3. The molecule has 0 aliphatic rings. The third-order valence-electron chi connectivity index (χ3n) is 11.9. The topological polar surface area (TPSA) is 78.9 Å². The van der Waals surface area contributed by atoms with E-state index >= 15 is 0 Å². The van der Waals surface area contributed by atoms with Crippen LogP contribution in [0.25, 0.3) is 0 Å². The SMILES string of the molecule is CCCCCCC/C=C\C/C=C\C/C=C\CCCCCCCCCCCCC(=O)OCC(COC(=O)CCCCCCCCCCC)OC(=O)CCCCCCCCCCCC. The molecule has 0 fully saturated rings. The maximum atomic E-state index is 12.7. The van der Waals surface area contributed by atoms with E-state index in [0.29, 0.717) is 19.3 Å². The molecular formula is C56H102O6. The van der Waals surface area contributed by atoms with Gasteiger partial charge in [0.05, 0.1) is 0 Å². The van der Waals surface area contributed by atoms with Crippen molar-refractivity contribution in [2.24, 2.45) is 0 Å². The molecule has 0 N–H and O–H groups in total. The Morgan fingerprint density at radius 1 is 0.323 bits per heavy atom. The molecule has 0 bridgehead atoms. The molecule has 0 saturated carbocycles.